The summed E-state index contributed by atoms with van der Waals surface area (Å²) in [5.74, 6) is 0.317. The van der Waals surface area contributed by atoms with Gasteiger partial charge in [-0.25, -0.2) is 9.78 Å². The van der Waals surface area contributed by atoms with Crippen LogP contribution in [0.3, 0.4) is 0 Å². The highest BCUT2D eigenvalue weighted by Gasteiger charge is 2.33. The van der Waals surface area contributed by atoms with Gasteiger partial charge in [0.05, 0.1) is 13.1 Å². The number of hydrogen-bond donors (Lipinski definition) is 1. The minimum Gasteiger partial charge on any atom is -0.470 e. The van der Waals surface area contributed by atoms with E-state index < -0.39 is 0 Å². The number of anilines is 1. The van der Waals surface area contributed by atoms with Crippen molar-refractivity contribution in [1.29, 1.82) is 5.26 Å². The largest absolute Gasteiger partial charge is 0.470 e. The number of nitrogens with zero attached hydrogens (tertiary/aromatic N) is 3. The maximum atomic E-state index is 12.3. The van der Waals surface area contributed by atoms with Gasteiger partial charge in [0, 0.05) is 11.9 Å². The predicted molar refractivity (Wildman–Crippen MR) is 99.1 cm³/mol. The van der Waals surface area contributed by atoms with E-state index in [2.05, 4.69) is 37.1 Å². The molecule has 1 aliphatic heterocycles. The molecule has 3 rings (SSSR count). The Morgan fingerprint density at radius 3 is 2.58 bits per heavy atom. The third-order valence-electron chi connectivity index (χ3n) is 4.31. The number of urea groups is 1. The van der Waals surface area contributed by atoms with Gasteiger partial charge in [-0.3, -0.25) is 0 Å². The van der Waals surface area contributed by atoms with Gasteiger partial charge in [-0.15, -0.1) is 0 Å². The molecule has 2 aromatic rings. The Morgan fingerprint density at radius 1 is 1.27 bits per heavy atom. The van der Waals surface area contributed by atoms with Crippen LogP contribution in [0.1, 0.15) is 31.9 Å². The second kappa shape index (κ2) is 7.04. The smallest absolute Gasteiger partial charge is 0.322 e. The number of amides is 2. The van der Waals surface area contributed by atoms with E-state index in [1.54, 1.807) is 23.2 Å². The molecule has 0 bridgehead atoms. The van der Waals surface area contributed by atoms with Gasteiger partial charge in [-0.1, -0.05) is 32.9 Å². The Labute approximate surface area is 153 Å². The average Bonchev–Trinajstić information content (AvgIpc) is 2.57. The number of rotatable bonds is 3. The number of hydrogen-bond acceptors (Lipinski definition) is 4. The van der Waals surface area contributed by atoms with Gasteiger partial charge in [0.1, 0.15) is 17.7 Å². The van der Waals surface area contributed by atoms with Crippen LogP contribution in [0.25, 0.3) is 0 Å². The van der Waals surface area contributed by atoms with Crippen molar-refractivity contribution in [3.8, 4) is 11.9 Å². The fraction of sp³-hybridized carbons (Fsp3) is 0.350. The summed E-state index contributed by atoms with van der Waals surface area (Å²) in [7, 11) is 0. The van der Waals surface area contributed by atoms with Crippen LogP contribution in [0.2, 0.25) is 0 Å². The first kappa shape index (κ1) is 17.7. The van der Waals surface area contributed by atoms with E-state index in [1.807, 2.05) is 24.3 Å². The zero-order valence-electron chi connectivity index (χ0n) is 15.2. The van der Waals surface area contributed by atoms with Crippen LogP contribution >= 0.6 is 0 Å². The van der Waals surface area contributed by atoms with Crippen LogP contribution in [0.4, 0.5) is 10.5 Å². The number of nitriles is 1. The van der Waals surface area contributed by atoms with Crippen LogP contribution in [0.15, 0.2) is 42.6 Å². The van der Waals surface area contributed by atoms with Crippen molar-refractivity contribution >= 4 is 11.7 Å². The molecular formula is C20H22N4O2. The number of likely N-dealkylation sites (tertiary alicyclic amines) is 1. The topological polar surface area (TPSA) is 78.2 Å². The maximum Gasteiger partial charge on any atom is 0.322 e. The summed E-state index contributed by atoms with van der Waals surface area (Å²) in [5, 5.41) is 11.9. The Balaban J connectivity index is 1.51. The van der Waals surface area contributed by atoms with Gasteiger partial charge in [-0.05, 0) is 35.2 Å². The number of benzene rings is 1. The lowest BCUT2D eigenvalue weighted by Crippen LogP contribution is -2.57. The molecule has 1 aromatic heterocycles. The lowest BCUT2D eigenvalue weighted by atomic mass is 9.87. The van der Waals surface area contributed by atoms with Gasteiger partial charge in [0.15, 0.2) is 0 Å². The lowest BCUT2D eigenvalue weighted by Gasteiger charge is -2.38. The number of pyridine rings is 1. The van der Waals surface area contributed by atoms with Crippen LogP contribution in [0.5, 0.6) is 5.88 Å². The summed E-state index contributed by atoms with van der Waals surface area (Å²) < 4.78 is 5.70. The van der Waals surface area contributed by atoms with Gasteiger partial charge in [-0.2, -0.15) is 5.26 Å². The quantitative estimate of drug-likeness (QED) is 0.918. The molecule has 0 unspecified atom stereocenters. The van der Waals surface area contributed by atoms with E-state index in [0.717, 1.165) is 5.69 Å². The summed E-state index contributed by atoms with van der Waals surface area (Å²) in [6, 6.07) is 13.1. The van der Waals surface area contributed by atoms with Gasteiger partial charge < -0.3 is 15.0 Å². The number of nitrogens with one attached hydrogen (secondary N) is 1. The Hall–Kier alpha value is -3.07. The van der Waals surface area contributed by atoms with Crippen molar-refractivity contribution in [3.63, 3.8) is 0 Å². The van der Waals surface area contributed by atoms with Crippen molar-refractivity contribution < 1.29 is 9.53 Å². The molecule has 6 heteroatoms. The van der Waals surface area contributed by atoms with Crippen molar-refractivity contribution in [1.82, 2.24) is 9.88 Å². The number of aromatic nitrogens is 1. The van der Waals surface area contributed by atoms with Crippen molar-refractivity contribution in [3.05, 3.63) is 53.7 Å². The maximum absolute atomic E-state index is 12.3. The Morgan fingerprint density at radius 2 is 1.96 bits per heavy atom. The Bertz CT molecular complexity index is 828. The average molecular weight is 350 g/mol. The van der Waals surface area contributed by atoms with E-state index in [9.17, 15) is 4.79 Å². The normalized spacial score (nSPS) is 14.3. The van der Waals surface area contributed by atoms with Gasteiger partial charge in [0.25, 0.3) is 0 Å². The fourth-order valence-corrected chi connectivity index (χ4v) is 2.66. The molecule has 2 heterocycles. The van der Waals surface area contributed by atoms with Crippen LogP contribution in [0, 0.1) is 11.3 Å². The van der Waals surface area contributed by atoms with Crippen LogP contribution in [-0.2, 0) is 5.41 Å². The van der Waals surface area contributed by atoms with E-state index >= 15 is 0 Å². The van der Waals surface area contributed by atoms with Crippen LogP contribution < -0.4 is 10.1 Å². The molecule has 26 heavy (non-hydrogen) atoms. The molecule has 1 saturated heterocycles. The molecule has 1 aromatic carbocycles. The van der Waals surface area contributed by atoms with E-state index in [4.69, 9.17) is 10.00 Å². The van der Waals surface area contributed by atoms with Crippen molar-refractivity contribution in [2.75, 3.05) is 18.4 Å². The van der Waals surface area contributed by atoms with E-state index in [0.29, 0.717) is 24.5 Å². The fourth-order valence-electron chi connectivity index (χ4n) is 2.66. The second-order valence-electron chi connectivity index (χ2n) is 7.37. The monoisotopic (exact) mass is 350 g/mol. The first-order valence-corrected chi connectivity index (χ1v) is 8.55. The van der Waals surface area contributed by atoms with E-state index in [-0.39, 0.29) is 17.6 Å². The first-order chi connectivity index (χ1) is 12.4. The van der Waals surface area contributed by atoms with Gasteiger partial charge in [0.2, 0.25) is 5.88 Å². The summed E-state index contributed by atoms with van der Waals surface area (Å²) >= 11 is 0. The highest BCUT2D eigenvalue weighted by Crippen LogP contribution is 2.24. The molecule has 134 valence electrons. The summed E-state index contributed by atoms with van der Waals surface area (Å²) in [5.41, 5.74) is 2.47. The predicted octanol–water partition coefficient (Wildman–Crippen LogP) is 3.55. The molecule has 0 radical (unpaired) electrons. The molecule has 6 nitrogen and oxygen atoms in total. The number of carbonyl (C=O) groups excluding carboxylic acids is 1. The number of carbonyl (C=O) groups is 1. The minimum atomic E-state index is -0.158. The molecule has 1 fully saturated rings. The van der Waals surface area contributed by atoms with Gasteiger partial charge >= 0.3 is 6.03 Å². The van der Waals surface area contributed by atoms with Crippen LogP contribution in [-0.4, -0.2) is 35.1 Å². The zero-order valence-corrected chi connectivity index (χ0v) is 15.2. The highest BCUT2D eigenvalue weighted by atomic mass is 16.5. The van der Waals surface area contributed by atoms with Crippen molar-refractivity contribution in [2.24, 2.45) is 0 Å². The van der Waals surface area contributed by atoms with Crippen molar-refractivity contribution in [2.45, 2.75) is 32.3 Å². The highest BCUT2D eigenvalue weighted by molar-refractivity contribution is 5.89. The Kier molecular flexibility index (Phi) is 4.81. The third kappa shape index (κ3) is 3.94. The molecule has 0 spiro atoms. The zero-order chi connectivity index (χ0) is 18.7. The third-order valence-corrected chi connectivity index (χ3v) is 4.31. The number of ether oxygens (including phenoxy) is 1. The molecular weight excluding hydrogens is 328 g/mol. The summed E-state index contributed by atoms with van der Waals surface area (Å²) in [4.78, 5) is 18.0. The lowest BCUT2D eigenvalue weighted by molar-refractivity contribution is 0.0459. The molecule has 1 N–H and O–H groups in total. The summed E-state index contributed by atoms with van der Waals surface area (Å²) in [6.07, 6.45) is 1.44. The summed E-state index contributed by atoms with van der Waals surface area (Å²) in [6.45, 7) is 7.39. The molecule has 0 aliphatic carbocycles. The standard InChI is InChI=1S/C20H22N4O2/c1-20(2,3)15-6-8-16(9-7-15)23-19(25)24-12-17(13-24)26-18-14(11-21)5-4-10-22-18/h4-10,17H,12-13H2,1-3H3,(H,23,25). The van der Waals surface area contributed by atoms with E-state index in [1.165, 1.54) is 5.56 Å². The first-order valence-electron chi connectivity index (χ1n) is 8.55. The molecule has 0 atom stereocenters. The SMILES string of the molecule is CC(C)(C)c1ccc(NC(=O)N2CC(Oc3ncccc3C#N)C2)cc1. The molecule has 0 saturated carbocycles. The molecule has 1 aliphatic rings. The minimum absolute atomic E-state index is 0.0817. The second-order valence-corrected chi connectivity index (χ2v) is 7.37. The molecule has 2 amide bonds.